The summed E-state index contributed by atoms with van der Waals surface area (Å²) in [5.41, 5.74) is 1.04. The Morgan fingerprint density at radius 3 is 2.44 bits per heavy atom. The lowest BCUT2D eigenvalue weighted by Gasteiger charge is -2.17. The molecule has 146 valence electrons. The molecule has 0 aromatic heterocycles. The first-order valence-corrected chi connectivity index (χ1v) is 8.59. The van der Waals surface area contributed by atoms with Gasteiger partial charge in [-0.25, -0.2) is 0 Å². The molecule has 27 heavy (non-hydrogen) atoms. The number of nitrogens with one attached hydrogen (secondary N) is 1. The highest BCUT2D eigenvalue weighted by Crippen LogP contribution is 2.36. The van der Waals surface area contributed by atoms with Crippen LogP contribution in [0.3, 0.4) is 0 Å². The molecule has 1 N–H and O–H groups in total. The molecule has 0 spiro atoms. The zero-order valence-corrected chi connectivity index (χ0v) is 15.8. The van der Waals surface area contributed by atoms with E-state index in [-0.39, 0.29) is 22.7 Å². The molecule has 1 atom stereocenters. The highest BCUT2D eigenvalue weighted by Gasteiger charge is 2.17. The van der Waals surface area contributed by atoms with Gasteiger partial charge in [-0.3, -0.25) is 4.79 Å². The third-order valence-corrected chi connectivity index (χ3v) is 4.01. The lowest BCUT2D eigenvalue weighted by molar-refractivity contribution is -0.0498. The van der Waals surface area contributed by atoms with E-state index in [1.807, 2.05) is 6.92 Å². The van der Waals surface area contributed by atoms with Crippen molar-refractivity contribution >= 4 is 17.5 Å². The summed E-state index contributed by atoms with van der Waals surface area (Å²) < 4.78 is 39.4. The summed E-state index contributed by atoms with van der Waals surface area (Å²) in [4.78, 5) is 12.5. The lowest BCUT2D eigenvalue weighted by Crippen LogP contribution is -2.26. The number of rotatable bonds is 8. The van der Waals surface area contributed by atoms with Crippen molar-refractivity contribution in [2.45, 2.75) is 26.5 Å². The van der Waals surface area contributed by atoms with Gasteiger partial charge in [-0.05, 0) is 43.7 Å². The predicted octanol–water partition coefficient (Wildman–Crippen LogP) is 4.84. The molecule has 2 aromatic rings. The molecule has 0 fully saturated rings. The number of methoxy groups -OCH3 is 1. The third-order valence-electron chi connectivity index (χ3n) is 3.73. The largest absolute Gasteiger partial charge is 0.493 e. The Balaban J connectivity index is 2.13. The fourth-order valence-corrected chi connectivity index (χ4v) is 2.70. The van der Waals surface area contributed by atoms with Crippen molar-refractivity contribution < 1.29 is 27.8 Å². The smallest absolute Gasteiger partial charge is 0.387 e. The molecule has 0 radical (unpaired) electrons. The van der Waals surface area contributed by atoms with Gasteiger partial charge in [0, 0.05) is 5.56 Å². The SMILES string of the molecule is CCOc1c(Cl)cc(C(=O)NC(C)c2ccc(OC(F)F)cc2)cc1OC. The van der Waals surface area contributed by atoms with Crippen LogP contribution in [0, 0.1) is 0 Å². The van der Waals surface area contributed by atoms with E-state index in [0.29, 0.717) is 23.7 Å². The molecular formula is C19H20ClF2NO4. The maximum atomic E-state index is 12.5. The van der Waals surface area contributed by atoms with Crippen LogP contribution in [0.5, 0.6) is 17.2 Å². The number of alkyl halides is 2. The highest BCUT2D eigenvalue weighted by atomic mass is 35.5. The molecule has 0 heterocycles. The highest BCUT2D eigenvalue weighted by molar-refractivity contribution is 6.32. The summed E-state index contributed by atoms with van der Waals surface area (Å²) in [6.45, 7) is 1.11. The van der Waals surface area contributed by atoms with Crippen molar-refractivity contribution in [2.75, 3.05) is 13.7 Å². The fourth-order valence-electron chi connectivity index (χ4n) is 2.44. The minimum Gasteiger partial charge on any atom is -0.493 e. The van der Waals surface area contributed by atoms with Crippen molar-refractivity contribution in [3.63, 3.8) is 0 Å². The number of benzene rings is 2. The van der Waals surface area contributed by atoms with Gasteiger partial charge in [0.2, 0.25) is 0 Å². The number of amides is 1. The summed E-state index contributed by atoms with van der Waals surface area (Å²) in [6.07, 6.45) is 0. The molecule has 0 bridgehead atoms. The molecule has 0 aliphatic carbocycles. The molecule has 8 heteroatoms. The van der Waals surface area contributed by atoms with Crippen LogP contribution in [0.4, 0.5) is 8.78 Å². The second kappa shape index (κ2) is 9.41. The van der Waals surface area contributed by atoms with E-state index < -0.39 is 6.61 Å². The van der Waals surface area contributed by atoms with Crippen LogP contribution < -0.4 is 19.5 Å². The molecule has 0 saturated carbocycles. The molecular weight excluding hydrogens is 380 g/mol. The Kier molecular flexibility index (Phi) is 7.24. The van der Waals surface area contributed by atoms with Crippen molar-refractivity contribution in [2.24, 2.45) is 0 Å². The van der Waals surface area contributed by atoms with Crippen molar-refractivity contribution in [1.29, 1.82) is 0 Å². The Morgan fingerprint density at radius 1 is 1.22 bits per heavy atom. The summed E-state index contributed by atoms with van der Waals surface area (Å²) in [5, 5.41) is 3.09. The minimum atomic E-state index is -2.88. The standard InChI is InChI=1S/C19H20ClF2NO4/c1-4-26-17-15(20)9-13(10-16(17)25-3)18(24)23-11(2)12-5-7-14(8-6-12)27-19(21)22/h5-11,19H,4H2,1-3H3,(H,23,24). The van der Waals surface area contributed by atoms with E-state index in [0.717, 1.165) is 5.56 Å². The van der Waals surface area contributed by atoms with Gasteiger partial charge in [-0.1, -0.05) is 23.7 Å². The first-order valence-electron chi connectivity index (χ1n) is 8.21. The molecule has 5 nitrogen and oxygen atoms in total. The summed E-state index contributed by atoms with van der Waals surface area (Å²) in [6, 6.07) is 8.72. The van der Waals surface area contributed by atoms with Gasteiger partial charge in [-0.15, -0.1) is 0 Å². The molecule has 0 aliphatic rings. The summed E-state index contributed by atoms with van der Waals surface area (Å²) in [7, 11) is 1.46. The Hall–Kier alpha value is -2.54. The average molecular weight is 400 g/mol. The van der Waals surface area contributed by atoms with Crippen LogP contribution in [0.25, 0.3) is 0 Å². The molecule has 0 saturated heterocycles. The number of hydrogen-bond acceptors (Lipinski definition) is 4. The third kappa shape index (κ3) is 5.47. The number of halogens is 3. The van der Waals surface area contributed by atoms with E-state index >= 15 is 0 Å². The number of hydrogen-bond donors (Lipinski definition) is 1. The van der Waals surface area contributed by atoms with Crippen LogP contribution in [0.15, 0.2) is 36.4 Å². The van der Waals surface area contributed by atoms with Crippen molar-refractivity contribution in [1.82, 2.24) is 5.32 Å². The number of carbonyl (C=O) groups is 1. The maximum absolute atomic E-state index is 12.5. The van der Waals surface area contributed by atoms with Gasteiger partial charge in [0.05, 0.1) is 24.8 Å². The van der Waals surface area contributed by atoms with Crippen LogP contribution in [-0.4, -0.2) is 26.2 Å². The Labute approximate surface area is 161 Å². The number of ether oxygens (including phenoxy) is 3. The zero-order valence-electron chi connectivity index (χ0n) is 15.1. The van der Waals surface area contributed by atoms with Crippen LogP contribution in [0.2, 0.25) is 5.02 Å². The maximum Gasteiger partial charge on any atom is 0.387 e. The summed E-state index contributed by atoms with van der Waals surface area (Å²) in [5.74, 6) is 0.422. The van der Waals surface area contributed by atoms with Gasteiger partial charge >= 0.3 is 6.61 Å². The predicted molar refractivity (Wildman–Crippen MR) is 98.1 cm³/mol. The van der Waals surface area contributed by atoms with Crippen LogP contribution in [-0.2, 0) is 0 Å². The van der Waals surface area contributed by atoms with Gasteiger partial charge < -0.3 is 19.5 Å². The van der Waals surface area contributed by atoms with E-state index in [2.05, 4.69) is 10.1 Å². The topological polar surface area (TPSA) is 56.8 Å². The summed E-state index contributed by atoms with van der Waals surface area (Å²) >= 11 is 6.19. The van der Waals surface area contributed by atoms with Crippen LogP contribution >= 0.6 is 11.6 Å². The van der Waals surface area contributed by atoms with Gasteiger partial charge in [0.15, 0.2) is 11.5 Å². The monoisotopic (exact) mass is 399 g/mol. The second-order valence-electron chi connectivity index (χ2n) is 5.57. The van der Waals surface area contributed by atoms with Gasteiger partial charge in [-0.2, -0.15) is 8.78 Å². The average Bonchev–Trinajstić information content (AvgIpc) is 2.63. The van der Waals surface area contributed by atoms with E-state index in [1.165, 1.54) is 25.3 Å². The fraction of sp³-hybridized carbons (Fsp3) is 0.316. The van der Waals surface area contributed by atoms with Gasteiger partial charge in [0.25, 0.3) is 5.91 Å². The second-order valence-corrected chi connectivity index (χ2v) is 5.97. The Morgan fingerprint density at radius 2 is 1.89 bits per heavy atom. The van der Waals surface area contributed by atoms with E-state index in [4.69, 9.17) is 21.1 Å². The normalized spacial score (nSPS) is 11.8. The van der Waals surface area contributed by atoms with Crippen molar-refractivity contribution in [3.05, 3.63) is 52.5 Å². The van der Waals surface area contributed by atoms with Crippen molar-refractivity contribution in [3.8, 4) is 17.2 Å². The lowest BCUT2D eigenvalue weighted by atomic mass is 10.1. The molecule has 1 amide bonds. The number of carbonyl (C=O) groups excluding carboxylic acids is 1. The molecule has 0 aliphatic heterocycles. The van der Waals surface area contributed by atoms with Crippen LogP contribution in [0.1, 0.15) is 35.8 Å². The zero-order chi connectivity index (χ0) is 20.0. The molecule has 2 rings (SSSR count). The quantitative estimate of drug-likeness (QED) is 0.690. The molecule has 2 aromatic carbocycles. The van der Waals surface area contributed by atoms with Gasteiger partial charge in [0.1, 0.15) is 5.75 Å². The van der Waals surface area contributed by atoms with E-state index in [9.17, 15) is 13.6 Å². The first kappa shape index (κ1) is 20.8. The molecule has 1 unspecified atom stereocenters. The first-order chi connectivity index (χ1) is 12.8. The Bertz CT molecular complexity index is 784. The minimum absolute atomic E-state index is 0.0512. The van der Waals surface area contributed by atoms with E-state index in [1.54, 1.807) is 25.1 Å².